The van der Waals surface area contributed by atoms with Crippen LogP contribution in [0.25, 0.3) is 5.76 Å². The molecule has 1 N–H and O–H groups in total. The Hall–Kier alpha value is -2.73. The van der Waals surface area contributed by atoms with Gasteiger partial charge in [-0.25, -0.2) is 8.78 Å². The first-order valence-corrected chi connectivity index (χ1v) is 10.2. The molecule has 2 aromatic carbocycles. The highest BCUT2D eigenvalue weighted by Gasteiger charge is 2.49. The summed E-state index contributed by atoms with van der Waals surface area (Å²) in [5.41, 5.74) is -0.101. The molecular weight excluding hydrogens is 388 g/mol. The average Bonchev–Trinajstić information content (AvgIpc) is 2.98. The quantitative estimate of drug-likeness (QED) is 0.716. The highest BCUT2D eigenvalue weighted by molar-refractivity contribution is 5.81. The molecule has 1 aliphatic heterocycles. The summed E-state index contributed by atoms with van der Waals surface area (Å²) in [5, 5.41) is 10.8. The Morgan fingerprint density at radius 3 is 2.43 bits per heavy atom. The van der Waals surface area contributed by atoms with E-state index in [1.54, 1.807) is 6.92 Å². The van der Waals surface area contributed by atoms with Gasteiger partial charge >= 0.3 is 0 Å². The molecule has 1 saturated heterocycles. The predicted octanol–water partition coefficient (Wildman–Crippen LogP) is 4.80. The first kappa shape index (κ1) is 20.5. The SMILES string of the molecule is C=C(OC1CC(C(=O)N2C(c3cc(F)cc(F)c3)CCC2(C)O)C1)c1ccccc1. The highest BCUT2D eigenvalue weighted by Crippen LogP contribution is 2.45. The largest absolute Gasteiger partial charge is 0.490 e. The second-order valence-corrected chi connectivity index (χ2v) is 8.38. The van der Waals surface area contributed by atoms with Crippen LogP contribution in [0.4, 0.5) is 8.78 Å². The molecule has 1 heterocycles. The molecule has 158 valence electrons. The Morgan fingerprint density at radius 1 is 1.17 bits per heavy atom. The minimum absolute atomic E-state index is 0.121. The van der Waals surface area contributed by atoms with Crippen LogP contribution in [0.2, 0.25) is 0 Å². The molecule has 6 heteroatoms. The fourth-order valence-corrected chi connectivity index (χ4v) is 4.42. The lowest BCUT2D eigenvalue weighted by molar-refractivity contribution is -0.164. The first-order valence-electron chi connectivity index (χ1n) is 10.2. The summed E-state index contributed by atoms with van der Waals surface area (Å²) in [7, 11) is 0. The molecule has 1 amide bonds. The fraction of sp³-hybridized carbons (Fsp3) is 0.375. The van der Waals surface area contributed by atoms with Gasteiger partial charge in [0.15, 0.2) is 0 Å². The van der Waals surface area contributed by atoms with Crippen LogP contribution < -0.4 is 0 Å². The van der Waals surface area contributed by atoms with Crippen molar-refractivity contribution in [2.45, 2.75) is 50.5 Å². The van der Waals surface area contributed by atoms with Crippen molar-refractivity contribution in [3.8, 4) is 0 Å². The summed E-state index contributed by atoms with van der Waals surface area (Å²) in [6, 6.07) is 12.2. The van der Waals surface area contributed by atoms with E-state index in [2.05, 4.69) is 6.58 Å². The summed E-state index contributed by atoms with van der Waals surface area (Å²) in [6.45, 7) is 5.53. The van der Waals surface area contributed by atoms with Gasteiger partial charge in [-0.05, 0) is 50.3 Å². The van der Waals surface area contributed by atoms with Crippen molar-refractivity contribution >= 4 is 11.7 Å². The van der Waals surface area contributed by atoms with Gasteiger partial charge in [-0.1, -0.05) is 36.9 Å². The summed E-state index contributed by atoms with van der Waals surface area (Å²) in [4.78, 5) is 14.6. The van der Waals surface area contributed by atoms with Crippen molar-refractivity contribution in [2.24, 2.45) is 5.92 Å². The van der Waals surface area contributed by atoms with Crippen molar-refractivity contribution < 1.29 is 23.4 Å². The van der Waals surface area contributed by atoms with Crippen molar-refractivity contribution in [3.63, 3.8) is 0 Å². The molecule has 0 bridgehead atoms. The molecule has 30 heavy (non-hydrogen) atoms. The van der Waals surface area contributed by atoms with Crippen LogP contribution in [0.3, 0.4) is 0 Å². The van der Waals surface area contributed by atoms with Crippen LogP contribution in [0.15, 0.2) is 55.1 Å². The van der Waals surface area contributed by atoms with E-state index >= 15 is 0 Å². The molecule has 0 aromatic heterocycles. The van der Waals surface area contributed by atoms with E-state index in [9.17, 15) is 18.7 Å². The molecule has 4 rings (SSSR count). The Balaban J connectivity index is 1.43. The molecule has 4 nitrogen and oxygen atoms in total. The zero-order valence-corrected chi connectivity index (χ0v) is 16.9. The Morgan fingerprint density at radius 2 is 1.80 bits per heavy atom. The Labute approximate surface area is 174 Å². The number of halogens is 2. The monoisotopic (exact) mass is 413 g/mol. The minimum Gasteiger partial charge on any atom is -0.490 e. The van der Waals surface area contributed by atoms with Crippen molar-refractivity contribution in [3.05, 3.63) is 77.9 Å². The van der Waals surface area contributed by atoms with Crippen molar-refractivity contribution in [1.82, 2.24) is 4.90 Å². The van der Waals surface area contributed by atoms with Gasteiger partial charge in [-0.3, -0.25) is 4.79 Å². The van der Waals surface area contributed by atoms with Gasteiger partial charge in [-0.2, -0.15) is 0 Å². The van der Waals surface area contributed by atoms with E-state index < -0.39 is 23.4 Å². The molecule has 2 fully saturated rings. The minimum atomic E-state index is -1.36. The van der Waals surface area contributed by atoms with Crippen LogP contribution in [0.1, 0.15) is 49.8 Å². The molecular formula is C24H25F2NO3. The summed E-state index contributed by atoms with van der Waals surface area (Å²) in [6.07, 6.45) is 1.70. The number of carbonyl (C=O) groups excluding carboxylic acids is 1. The van der Waals surface area contributed by atoms with E-state index in [0.717, 1.165) is 11.6 Å². The third kappa shape index (κ3) is 3.97. The van der Waals surface area contributed by atoms with Crippen molar-refractivity contribution in [1.29, 1.82) is 0 Å². The van der Waals surface area contributed by atoms with Gasteiger partial charge in [0.25, 0.3) is 0 Å². The summed E-state index contributed by atoms with van der Waals surface area (Å²) in [5.74, 6) is -1.34. The standard InChI is InChI=1S/C24H25F2NO3/c1-15(16-6-4-3-5-7-16)30-21-12-18(13-21)23(28)27-22(8-9-24(27,2)29)17-10-19(25)14-20(26)11-17/h3-7,10-11,14,18,21-22,29H,1,8-9,12-13H2,2H3. The molecule has 2 unspecified atom stereocenters. The maximum atomic E-state index is 13.7. The maximum absolute atomic E-state index is 13.7. The van der Waals surface area contributed by atoms with E-state index in [0.29, 0.717) is 37.0 Å². The normalized spacial score (nSPS) is 28.1. The molecule has 2 atom stereocenters. The van der Waals surface area contributed by atoms with E-state index in [1.165, 1.54) is 17.0 Å². The van der Waals surface area contributed by atoms with Crippen LogP contribution in [-0.4, -0.2) is 27.7 Å². The number of rotatable bonds is 5. The van der Waals surface area contributed by atoms with E-state index in [4.69, 9.17) is 4.74 Å². The molecule has 1 saturated carbocycles. The Bertz CT molecular complexity index is 934. The van der Waals surface area contributed by atoms with Gasteiger partial charge in [-0.15, -0.1) is 0 Å². The molecule has 0 radical (unpaired) electrons. The number of amides is 1. The maximum Gasteiger partial charge on any atom is 0.228 e. The molecule has 2 aromatic rings. The lowest BCUT2D eigenvalue weighted by Crippen LogP contribution is -2.52. The zero-order valence-electron chi connectivity index (χ0n) is 16.9. The second-order valence-electron chi connectivity index (χ2n) is 8.38. The topological polar surface area (TPSA) is 49.8 Å². The first-order chi connectivity index (χ1) is 14.2. The lowest BCUT2D eigenvalue weighted by atomic mass is 9.80. The number of nitrogens with zero attached hydrogens (tertiary/aromatic N) is 1. The third-order valence-electron chi connectivity index (χ3n) is 6.08. The van der Waals surface area contributed by atoms with Crippen LogP contribution >= 0.6 is 0 Å². The average molecular weight is 413 g/mol. The van der Waals surface area contributed by atoms with Gasteiger partial charge < -0.3 is 14.7 Å². The van der Waals surface area contributed by atoms with Gasteiger partial charge in [0.2, 0.25) is 5.91 Å². The number of hydrogen-bond donors (Lipinski definition) is 1. The van der Waals surface area contributed by atoms with Gasteiger partial charge in [0.05, 0.1) is 6.04 Å². The van der Waals surface area contributed by atoms with Gasteiger partial charge in [0, 0.05) is 17.5 Å². The lowest BCUT2D eigenvalue weighted by Gasteiger charge is -2.42. The fourth-order valence-electron chi connectivity index (χ4n) is 4.42. The molecule has 1 aliphatic carbocycles. The number of hydrogen-bond acceptors (Lipinski definition) is 3. The predicted molar refractivity (Wildman–Crippen MR) is 109 cm³/mol. The Kier molecular flexibility index (Phi) is 5.36. The summed E-state index contributed by atoms with van der Waals surface area (Å²) >= 11 is 0. The number of aliphatic hydroxyl groups is 1. The highest BCUT2D eigenvalue weighted by atomic mass is 19.1. The van der Waals surface area contributed by atoms with Gasteiger partial charge in [0.1, 0.15) is 29.2 Å². The van der Waals surface area contributed by atoms with E-state index in [-0.39, 0.29) is 17.9 Å². The summed E-state index contributed by atoms with van der Waals surface area (Å²) < 4.78 is 33.3. The van der Waals surface area contributed by atoms with Crippen LogP contribution in [0.5, 0.6) is 0 Å². The second kappa shape index (κ2) is 7.84. The molecule has 0 spiro atoms. The number of benzene rings is 2. The van der Waals surface area contributed by atoms with Crippen molar-refractivity contribution in [2.75, 3.05) is 0 Å². The smallest absolute Gasteiger partial charge is 0.228 e. The third-order valence-corrected chi connectivity index (χ3v) is 6.08. The molecule has 2 aliphatic rings. The van der Waals surface area contributed by atoms with E-state index in [1.807, 2.05) is 30.3 Å². The number of ether oxygens (including phenoxy) is 1. The number of likely N-dealkylation sites (tertiary alicyclic amines) is 1. The number of carbonyl (C=O) groups is 1. The van der Waals surface area contributed by atoms with Crippen LogP contribution in [-0.2, 0) is 9.53 Å². The van der Waals surface area contributed by atoms with Crippen LogP contribution in [0, 0.1) is 17.6 Å². The zero-order chi connectivity index (χ0) is 21.5.